The van der Waals surface area contributed by atoms with Gasteiger partial charge in [-0.15, -0.1) is 0 Å². The van der Waals surface area contributed by atoms with Crippen molar-refractivity contribution in [1.82, 2.24) is 14.7 Å². The van der Waals surface area contributed by atoms with Crippen molar-refractivity contribution in [2.75, 3.05) is 31.1 Å². The second-order valence-corrected chi connectivity index (χ2v) is 12.9. The molecular formula is C36H36F6N4O3. The molecule has 3 aliphatic rings. The van der Waals surface area contributed by atoms with Crippen LogP contribution in [0.15, 0.2) is 72.8 Å². The highest BCUT2D eigenvalue weighted by atomic mass is 19.4. The lowest BCUT2D eigenvalue weighted by atomic mass is 9.96. The minimum Gasteiger partial charge on any atom is -0.342 e. The SMILES string of the molecule is O=C(Cc1ccc(C(F)(F)F)cc1)N1CCC(N2Cc3ccccc3N(C3CCN(C(=O)Cc4ccc(C(F)(F)F)cc4)CC3)C2=O)CC1. The third-order valence-corrected chi connectivity index (χ3v) is 9.76. The standard InChI is InChI=1S/C36H36F6N4O3/c37-35(38,39)27-9-5-24(6-10-27)21-32(47)43-17-13-29(14-18-43)45-23-26-3-1-2-4-31(26)46(34(45)49)30-15-19-44(20-16-30)33(48)22-25-7-11-28(12-8-25)36(40,41)42/h1-12,29-30H,13-23H2. The topological polar surface area (TPSA) is 64.2 Å². The fraction of sp³-hybridized carbons (Fsp3) is 0.417. The van der Waals surface area contributed by atoms with E-state index in [1.54, 1.807) is 9.80 Å². The number of hydrogen-bond acceptors (Lipinski definition) is 3. The van der Waals surface area contributed by atoms with Gasteiger partial charge in [-0.05, 0) is 72.7 Å². The molecule has 49 heavy (non-hydrogen) atoms. The van der Waals surface area contributed by atoms with E-state index in [9.17, 15) is 40.7 Å². The van der Waals surface area contributed by atoms with Gasteiger partial charge in [-0.2, -0.15) is 26.3 Å². The summed E-state index contributed by atoms with van der Waals surface area (Å²) in [5, 5.41) is 0. The van der Waals surface area contributed by atoms with Crippen LogP contribution in [-0.4, -0.2) is 70.8 Å². The first-order valence-corrected chi connectivity index (χ1v) is 16.3. The third-order valence-electron chi connectivity index (χ3n) is 9.76. The van der Waals surface area contributed by atoms with Crippen LogP contribution in [0.5, 0.6) is 0 Å². The largest absolute Gasteiger partial charge is 0.416 e. The van der Waals surface area contributed by atoms with Gasteiger partial charge in [0.2, 0.25) is 11.8 Å². The fourth-order valence-corrected chi connectivity index (χ4v) is 7.01. The number of fused-ring (bicyclic) bond motifs is 1. The van der Waals surface area contributed by atoms with Crippen molar-refractivity contribution >= 4 is 23.5 Å². The summed E-state index contributed by atoms with van der Waals surface area (Å²) in [4.78, 5) is 47.2. The number of urea groups is 1. The van der Waals surface area contributed by atoms with Gasteiger partial charge in [-0.3, -0.25) is 14.5 Å². The number of carbonyl (C=O) groups is 3. The molecule has 3 heterocycles. The predicted octanol–water partition coefficient (Wildman–Crippen LogP) is 6.93. The molecule has 7 nitrogen and oxygen atoms in total. The van der Waals surface area contributed by atoms with E-state index in [1.807, 2.05) is 34.1 Å². The summed E-state index contributed by atoms with van der Waals surface area (Å²) < 4.78 is 77.5. The molecule has 3 aromatic carbocycles. The fourth-order valence-electron chi connectivity index (χ4n) is 7.01. The van der Waals surface area contributed by atoms with Gasteiger partial charge in [-0.25, -0.2) is 4.79 Å². The number of para-hydroxylation sites is 1. The van der Waals surface area contributed by atoms with Crippen LogP contribution in [0.3, 0.4) is 0 Å². The van der Waals surface area contributed by atoms with E-state index in [1.165, 1.54) is 24.3 Å². The smallest absolute Gasteiger partial charge is 0.342 e. The Hall–Kier alpha value is -4.55. The Labute approximate surface area is 280 Å². The Morgan fingerprint density at radius 3 is 1.49 bits per heavy atom. The van der Waals surface area contributed by atoms with E-state index in [-0.39, 0.29) is 42.8 Å². The lowest BCUT2D eigenvalue weighted by Gasteiger charge is -2.47. The minimum atomic E-state index is -4.44. The molecule has 4 amide bonds. The van der Waals surface area contributed by atoms with E-state index in [0.29, 0.717) is 69.5 Å². The van der Waals surface area contributed by atoms with E-state index >= 15 is 0 Å². The first-order chi connectivity index (χ1) is 23.3. The van der Waals surface area contributed by atoms with Gasteiger partial charge in [0, 0.05) is 44.8 Å². The normalized spacial score (nSPS) is 18.1. The van der Waals surface area contributed by atoms with Gasteiger partial charge < -0.3 is 14.7 Å². The Balaban J connectivity index is 1.05. The zero-order chi connectivity index (χ0) is 34.9. The first-order valence-electron chi connectivity index (χ1n) is 16.3. The number of piperidine rings is 2. The lowest BCUT2D eigenvalue weighted by Crippen LogP contribution is -2.58. The molecule has 0 radical (unpaired) electrons. The number of rotatable bonds is 6. The van der Waals surface area contributed by atoms with Gasteiger partial charge in [0.25, 0.3) is 0 Å². The molecule has 13 heteroatoms. The van der Waals surface area contributed by atoms with Crippen LogP contribution in [0.1, 0.15) is 53.5 Å². The summed E-state index contributed by atoms with van der Waals surface area (Å²) in [7, 11) is 0. The van der Waals surface area contributed by atoms with Crippen molar-refractivity contribution in [3.63, 3.8) is 0 Å². The number of halogens is 6. The molecule has 260 valence electrons. The Bertz CT molecular complexity index is 1660. The minimum absolute atomic E-state index is 0.00184. The van der Waals surface area contributed by atoms with E-state index in [0.717, 1.165) is 35.5 Å². The van der Waals surface area contributed by atoms with Crippen molar-refractivity contribution in [1.29, 1.82) is 0 Å². The van der Waals surface area contributed by atoms with Gasteiger partial charge in [0.05, 0.1) is 29.7 Å². The predicted molar refractivity (Wildman–Crippen MR) is 169 cm³/mol. The number of likely N-dealkylation sites (tertiary alicyclic amines) is 2. The Kier molecular flexibility index (Phi) is 9.63. The maximum Gasteiger partial charge on any atom is 0.416 e. The van der Waals surface area contributed by atoms with Crippen LogP contribution in [0.25, 0.3) is 0 Å². The van der Waals surface area contributed by atoms with Gasteiger partial charge in [0.1, 0.15) is 0 Å². The van der Waals surface area contributed by atoms with Crippen LogP contribution in [0.2, 0.25) is 0 Å². The highest BCUT2D eigenvalue weighted by Crippen LogP contribution is 2.36. The first kappa shape index (κ1) is 34.3. The highest BCUT2D eigenvalue weighted by molar-refractivity contribution is 5.96. The molecule has 2 fully saturated rings. The van der Waals surface area contributed by atoms with E-state index < -0.39 is 23.5 Å². The van der Waals surface area contributed by atoms with Gasteiger partial charge >= 0.3 is 18.4 Å². The molecule has 2 saturated heterocycles. The van der Waals surface area contributed by atoms with Crippen molar-refractivity contribution in [2.24, 2.45) is 0 Å². The molecule has 0 N–H and O–H groups in total. The molecule has 0 bridgehead atoms. The molecule has 0 spiro atoms. The number of alkyl halides is 6. The molecular weight excluding hydrogens is 650 g/mol. The summed E-state index contributed by atoms with van der Waals surface area (Å²) >= 11 is 0. The summed E-state index contributed by atoms with van der Waals surface area (Å²) in [5.41, 5.74) is 1.32. The van der Waals surface area contributed by atoms with Crippen LogP contribution < -0.4 is 4.90 Å². The molecule has 0 aliphatic carbocycles. The van der Waals surface area contributed by atoms with Crippen LogP contribution in [0.4, 0.5) is 36.8 Å². The average molecular weight is 687 g/mol. The van der Waals surface area contributed by atoms with Crippen molar-refractivity contribution in [2.45, 2.75) is 69.5 Å². The van der Waals surface area contributed by atoms with Gasteiger partial charge in [0.15, 0.2) is 0 Å². The average Bonchev–Trinajstić information content (AvgIpc) is 3.08. The van der Waals surface area contributed by atoms with Gasteiger partial charge in [-0.1, -0.05) is 42.5 Å². The van der Waals surface area contributed by atoms with Crippen molar-refractivity contribution in [3.05, 3.63) is 101 Å². The molecule has 3 aliphatic heterocycles. The number of hydrogen-bond donors (Lipinski definition) is 0. The lowest BCUT2D eigenvalue weighted by molar-refractivity contribution is -0.138. The van der Waals surface area contributed by atoms with Crippen LogP contribution in [0, 0.1) is 0 Å². The number of anilines is 1. The third kappa shape index (κ3) is 7.70. The Morgan fingerprint density at radius 2 is 1.04 bits per heavy atom. The Morgan fingerprint density at radius 1 is 0.612 bits per heavy atom. The molecule has 0 unspecified atom stereocenters. The maximum absolute atomic E-state index is 14.1. The van der Waals surface area contributed by atoms with Crippen molar-refractivity contribution in [3.8, 4) is 0 Å². The number of carbonyl (C=O) groups excluding carboxylic acids is 3. The van der Waals surface area contributed by atoms with Crippen LogP contribution in [-0.2, 0) is 41.3 Å². The second-order valence-electron chi connectivity index (χ2n) is 12.9. The number of nitrogens with zero attached hydrogens (tertiary/aromatic N) is 4. The summed E-state index contributed by atoms with van der Waals surface area (Å²) in [6.45, 7) is 2.11. The zero-order valence-corrected chi connectivity index (χ0v) is 26.6. The van der Waals surface area contributed by atoms with E-state index in [4.69, 9.17) is 0 Å². The molecule has 0 aromatic heterocycles. The monoisotopic (exact) mass is 686 g/mol. The molecule has 3 aromatic rings. The highest BCUT2D eigenvalue weighted by Gasteiger charge is 2.41. The summed E-state index contributed by atoms with van der Waals surface area (Å²) in [6, 6.07) is 16.6. The molecule has 0 saturated carbocycles. The maximum atomic E-state index is 14.1. The van der Waals surface area contributed by atoms with Crippen molar-refractivity contribution < 1.29 is 40.7 Å². The van der Waals surface area contributed by atoms with E-state index in [2.05, 4.69) is 0 Å². The second kappa shape index (κ2) is 13.8. The zero-order valence-electron chi connectivity index (χ0n) is 26.6. The number of amides is 4. The number of benzene rings is 3. The molecule has 6 rings (SSSR count). The van der Waals surface area contributed by atoms with Crippen LogP contribution >= 0.6 is 0 Å². The summed E-state index contributed by atoms with van der Waals surface area (Å²) in [6.07, 6.45) is -6.67. The molecule has 0 atom stereocenters. The summed E-state index contributed by atoms with van der Waals surface area (Å²) in [5.74, 6) is -0.348. The quantitative estimate of drug-likeness (QED) is 0.264.